The Balaban J connectivity index is 0.000000176. The summed E-state index contributed by atoms with van der Waals surface area (Å²) in [7, 11) is 0. The van der Waals surface area contributed by atoms with Crippen molar-refractivity contribution in [2.24, 2.45) is 16.2 Å². The summed E-state index contributed by atoms with van der Waals surface area (Å²) in [6, 6.07) is 29.1. The second-order valence-corrected chi connectivity index (χ2v) is 48.7. The van der Waals surface area contributed by atoms with Crippen molar-refractivity contribution in [1.82, 2.24) is 64.7 Å². The molecule has 15 nitrogen and oxygen atoms in total. The number of aromatic nitrogens is 11. The molecule has 0 saturated carbocycles. The molecule has 660 valence electrons. The maximum atomic E-state index is 5.88. The van der Waals surface area contributed by atoms with Crippen molar-refractivity contribution in [2.45, 2.75) is 369 Å². The van der Waals surface area contributed by atoms with Crippen molar-refractivity contribution in [3.63, 3.8) is 0 Å². The third-order valence-electron chi connectivity index (χ3n) is 22.4. The lowest BCUT2D eigenvalue weighted by Crippen LogP contribution is -2.37. The normalized spacial score (nSPS) is 15.9. The number of imidazole rings is 1. The number of hydrogen-bond acceptors (Lipinski definition) is 10. The number of hydrogen-bond donors (Lipinski definition) is 6. The molecular weight excluding hydrogens is 1490 g/mol. The molecule has 0 aliphatic carbocycles. The van der Waals surface area contributed by atoms with Gasteiger partial charge in [0, 0.05) is 160 Å². The van der Waals surface area contributed by atoms with E-state index in [2.05, 4.69) is 467 Å². The van der Waals surface area contributed by atoms with E-state index in [1.807, 2.05) is 18.6 Å². The van der Waals surface area contributed by atoms with E-state index in [1.165, 1.54) is 67.0 Å². The Hall–Kier alpha value is -8.98. The first-order valence-corrected chi connectivity index (χ1v) is 44.3. The lowest BCUT2D eigenvalue weighted by molar-refractivity contribution is 0.263. The highest BCUT2D eigenvalue weighted by Gasteiger charge is 2.33. The van der Waals surface area contributed by atoms with Crippen molar-refractivity contribution >= 4 is 55.3 Å². The van der Waals surface area contributed by atoms with Gasteiger partial charge in [-0.25, -0.2) is 19.9 Å². The summed E-state index contributed by atoms with van der Waals surface area (Å²) in [5.74, 6) is 1.87. The van der Waals surface area contributed by atoms with Crippen LogP contribution in [0.25, 0.3) is 49.7 Å². The number of allylic oxidation sites excluding steroid dienone is 3. The minimum absolute atomic E-state index is 0.0127. The molecule has 11 aromatic rings. The Bertz CT molecular complexity index is 4780. The van der Waals surface area contributed by atoms with E-state index in [0.29, 0.717) is 12.1 Å². The predicted molar refractivity (Wildman–Crippen MR) is 519 cm³/mol. The van der Waals surface area contributed by atoms with Crippen LogP contribution in [-0.4, -0.2) is 77.9 Å². The fourth-order valence-corrected chi connectivity index (χ4v) is 13.4. The third kappa shape index (κ3) is 26.3. The Morgan fingerprint density at radius 2 is 0.901 bits per heavy atom. The third-order valence-corrected chi connectivity index (χ3v) is 22.4. The van der Waals surface area contributed by atoms with Gasteiger partial charge in [0.1, 0.15) is 28.5 Å². The molecular formula is C106H160N14O. The maximum absolute atomic E-state index is 5.88. The number of nitrogens with one attached hydrogen (secondary N) is 6. The molecule has 10 aromatic heterocycles. The lowest BCUT2D eigenvalue weighted by Gasteiger charge is -2.31. The summed E-state index contributed by atoms with van der Waals surface area (Å²) < 4.78 is 7.99. The minimum atomic E-state index is -0.0127. The highest BCUT2D eigenvalue weighted by molar-refractivity contribution is 5.81. The van der Waals surface area contributed by atoms with Crippen LogP contribution in [0, 0.1) is 16.2 Å². The van der Waals surface area contributed by atoms with Crippen LogP contribution in [-0.2, 0) is 59.6 Å². The molecule has 3 aliphatic rings. The highest BCUT2D eigenvalue weighted by Crippen LogP contribution is 2.40. The number of hydrazine groups is 1. The Labute approximate surface area is 731 Å². The second kappa shape index (κ2) is 35.0. The van der Waals surface area contributed by atoms with Gasteiger partial charge in [0.25, 0.3) is 0 Å². The van der Waals surface area contributed by atoms with E-state index in [4.69, 9.17) is 14.7 Å². The lowest BCUT2D eigenvalue weighted by atomic mass is 9.84. The molecule has 15 heteroatoms. The van der Waals surface area contributed by atoms with E-state index >= 15 is 0 Å². The number of ether oxygens (including phenoxy) is 1. The zero-order valence-electron chi connectivity index (χ0n) is 83.3. The van der Waals surface area contributed by atoms with Crippen molar-refractivity contribution in [2.75, 3.05) is 11.9 Å². The molecule has 0 spiro atoms. The molecule has 14 rings (SSSR count). The van der Waals surface area contributed by atoms with Crippen molar-refractivity contribution in [3.05, 3.63) is 208 Å². The van der Waals surface area contributed by atoms with Crippen LogP contribution in [0.2, 0.25) is 0 Å². The van der Waals surface area contributed by atoms with Gasteiger partial charge < -0.3 is 39.8 Å². The highest BCUT2D eigenvalue weighted by atomic mass is 16.5. The number of benzene rings is 1. The SMILES string of the molecule is CC(C)(C)C1=CN2NC(C(C)(C)C)=CC2C=C1.CC(C)(C)c1cc2[nH]c(C(C)(C)C)cc2cn1.CC(C)(C)c1ccc2c(c1)NC(C(C)(C)C)CCO2.CC(C)(C)c1ccc2cc(C(C)(C)C)[nH]c2n1.CC(C)(C)c1ccn2cc(C(C)(C)C)nc2c1.CC(C)(C)c1cnc2cc(C(C)(C)C)[nH]c2c1.CC(C)(C)c1ncc2cc(C(C)(C)C)[nH]c2n1. The number of nitrogens with zero attached hydrogens (tertiary/aromatic N) is 8. The number of pyridine rings is 4. The molecule has 2 unspecified atom stereocenters. The summed E-state index contributed by atoms with van der Waals surface area (Å²) in [4.78, 5) is 41.4. The number of fused-ring (bicyclic) bond motifs is 7. The van der Waals surface area contributed by atoms with E-state index in [9.17, 15) is 0 Å². The second-order valence-electron chi connectivity index (χ2n) is 48.7. The molecule has 0 saturated heterocycles. The van der Waals surface area contributed by atoms with E-state index in [-0.39, 0.29) is 75.8 Å². The van der Waals surface area contributed by atoms with Crippen LogP contribution in [0.5, 0.6) is 5.75 Å². The summed E-state index contributed by atoms with van der Waals surface area (Å²) in [5.41, 5.74) is 27.9. The topological polar surface area (TPSA) is 181 Å². The standard InChI is InChI=1S/C17H27NO.2C15H22N2.C15H24N2.2C15H22N2.C14H21N3/c1-16(2,3)12-7-8-14-13(11-12)18-15(9-10-19-14)17(4,5)6;1-14(2,3)10-7-12-11(16-9-10)8-13(17-12)15(4,5)6;1-14(2,3)12-8-11-10(9-16-12)7-13(17-11)15(4,5)6;1-14(2,3)11-7-8-12-9-13(15(4,5)6)16-17(12)10-11;1-14(2,3)11-7-8-17-10-12(15(4,5)6)16-13(17)9-11;1-14(2,3)11-8-7-10-9-12(15(4,5)6)17-13(10)16-11;1-13(2,3)10-7-9-8-15-12(14(4,5)6)17-11(9)16-10/h7-8,11,15,18H,9-10H2,1-6H3;2*7-9,17H,1-6H3;7-10,12,16H,1-6H3;7-10H,1-6H3;7-9H,1-6H3,(H,16,17);7-8H,1-6H3,(H,15,16,17). The van der Waals surface area contributed by atoms with Crippen molar-refractivity contribution < 1.29 is 4.74 Å². The van der Waals surface area contributed by atoms with Gasteiger partial charge in [0.15, 0.2) is 0 Å². The number of anilines is 1. The van der Waals surface area contributed by atoms with Gasteiger partial charge in [-0.05, 0) is 128 Å². The number of aromatic amines is 4. The maximum Gasteiger partial charge on any atom is 0.142 e. The summed E-state index contributed by atoms with van der Waals surface area (Å²) >= 11 is 0. The molecule has 0 bridgehead atoms. The van der Waals surface area contributed by atoms with Crippen LogP contribution in [0.1, 0.15) is 360 Å². The summed E-state index contributed by atoms with van der Waals surface area (Å²) in [6.07, 6.45) is 20.2. The van der Waals surface area contributed by atoms with Gasteiger partial charge in [-0.1, -0.05) is 309 Å². The average Bonchev–Trinajstić information content (AvgIpc) is 1.79. The van der Waals surface area contributed by atoms with E-state index in [0.717, 1.165) is 80.7 Å². The molecule has 0 radical (unpaired) electrons. The molecule has 121 heavy (non-hydrogen) atoms. The van der Waals surface area contributed by atoms with Gasteiger partial charge in [0.2, 0.25) is 0 Å². The van der Waals surface area contributed by atoms with Crippen molar-refractivity contribution in [1.29, 1.82) is 0 Å². The smallest absolute Gasteiger partial charge is 0.142 e. The first kappa shape index (κ1) is 97.5. The van der Waals surface area contributed by atoms with Gasteiger partial charge >= 0.3 is 0 Å². The molecule has 6 N–H and O–H groups in total. The van der Waals surface area contributed by atoms with Crippen LogP contribution < -0.4 is 15.5 Å². The van der Waals surface area contributed by atoms with E-state index in [1.54, 1.807) is 0 Å². The first-order valence-electron chi connectivity index (χ1n) is 44.3. The van der Waals surface area contributed by atoms with Gasteiger partial charge in [-0.2, -0.15) is 0 Å². The first-order chi connectivity index (χ1) is 54.7. The quantitative estimate of drug-likeness (QED) is 0.0855. The largest absolute Gasteiger partial charge is 0.491 e. The molecule has 2 atom stereocenters. The summed E-state index contributed by atoms with van der Waals surface area (Å²) in [5, 5.41) is 9.38. The van der Waals surface area contributed by atoms with Crippen LogP contribution >= 0.6 is 0 Å². The fraction of sp³-hybridized carbons (Fsp3) is 0.566. The zero-order chi connectivity index (χ0) is 91.3. The number of H-pyrrole nitrogens is 4. The zero-order valence-corrected chi connectivity index (χ0v) is 83.3. The van der Waals surface area contributed by atoms with Gasteiger partial charge in [-0.15, -0.1) is 0 Å². The van der Waals surface area contributed by atoms with Gasteiger partial charge in [0.05, 0.1) is 35.1 Å². The van der Waals surface area contributed by atoms with Crippen molar-refractivity contribution in [3.8, 4) is 5.75 Å². The molecule has 1 aromatic carbocycles. The predicted octanol–water partition coefficient (Wildman–Crippen LogP) is 28.2. The van der Waals surface area contributed by atoms with Crippen LogP contribution in [0.3, 0.4) is 0 Å². The minimum Gasteiger partial charge on any atom is -0.491 e. The van der Waals surface area contributed by atoms with Crippen LogP contribution in [0.15, 0.2) is 146 Å². The average molecular weight is 1650 g/mol. The van der Waals surface area contributed by atoms with Gasteiger partial charge in [-0.3, -0.25) is 15.0 Å². The Morgan fingerprint density at radius 3 is 1.42 bits per heavy atom. The Kier molecular flexibility index (Phi) is 28.2. The number of rotatable bonds is 0. The monoisotopic (exact) mass is 1650 g/mol. The Morgan fingerprint density at radius 1 is 0.388 bits per heavy atom. The molecule has 0 amide bonds. The van der Waals surface area contributed by atoms with Crippen LogP contribution in [0.4, 0.5) is 5.69 Å². The van der Waals surface area contributed by atoms with E-state index < -0.39 is 0 Å². The molecule has 3 aliphatic heterocycles. The fourth-order valence-electron chi connectivity index (χ4n) is 13.4. The summed E-state index contributed by atoms with van der Waals surface area (Å²) in [6.45, 7) is 93.7. The molecule has 13 heterocycles. The molecule has 0 fully saturated rings.